The van der Waals surface area contributed by atoms with Gasteiger partial charge in [-0.3, -0.25) is 13.9 Å². The smallest absolute Gasteiger partial charge is 0.264 e. The van der Waals surface area contributed by atoms with Gasteiger partial charge in [-0.25, -0.2) is 12.8 Å². The Morgan fingerprint density at radius 2 is 1.59 bits per heavy atom. The predicted octanol–water partition coefficient (Wildman–Crippen LogP) is 5.40. The summed E-state index contributed by atoms with van der Waals surface area (Å²) in [6, 6.07) is 18.7. The molecule has 0 aliphatic heterocycles. The van der Waals surface area contributed by atoms with Gasteiger partial charge >= 0.3 is 0 Å². The van der Waals surface area contributed by atoms with Crippen molar-refractivity contribution < 1.29 is 22.4 Å². The van der Waals surface area contributed by atoms with Gasteiger partial charge in [0.25, 0.3) is 10.0 Å². The molecule has 0 heterocycles. The first-order valence-corrected chi connectivity index (χ1v) is 14.6. The van der Waals surface area contributed by atoms with E-state index in [1.807, 2.05) is 6.92 Å². The fourth-order valence-electron chi connectivity index (χ4n) is 4.07. The zero-order valence-electron chi connectivity index (χ0n) is 22.0. The van der Waals surface area contributed by atoms with Crippen molar-refractivity contribution in [2.75, 3.05) is 17.4 Å². The van der Waals surface area contributed by atoms with Crippen molar-refractivity contribution in [2.24, 2.45) is 0 Å². The molecule has 0 saturated carbocycles. The predicted molar refractivity (Wildman–Crippen MR) is 151 cm³/mol. The molecule has 2 amide bonds. The lowest BCUT2D eigenvalue weighted by Crippen LogP contribution is -2.52. The molecule has 0 unspecified atom stereocenters. The Hall–Kier alpha value is -3.43. The Kier molecular flexibility index (Phi) is 10.9. The highest BCUT2D eigenvalue weighted by Gasteiger charge is 2.33. The molecule has 208 valence electrons. The zero-order chi connectivity index (χ0) is 28.4. The number of hydrogen-bond acceptors (Lipinski definition) is 4. The summed E-state index contributed by atoms with van der Waals surface area (Å²) in [5.41, 5.74) is 1.00. The molecule has 0 fully saturated rings. The van der Waals surface area contributed by atoms with E-state index in [2.05, 4.69) is 5.32 Å². The molecule has 0 aliphatic rings. The van der Waals surface area contributed by atoms with Crippen LogP contribution in [-0.2, 0) is 26.2 Å². The van der Waals surface area contributed by atoms with E-state index in [1.165, 1.54) is 4.90 Å². The van der Waals surface area contributed by atoms with E-state index in [9.17, 15) is 22.4 Å². The molecule has 1 atom stereocenters. The van der Waals surface area contributed by atoms with Gasteiger partial charge in [0.15, 0.2) is 0 Å². The molecular weight excluding hydrogens is 541 g/mol. The number of rotatable bonds is 13. The summed E-state index contributed by atoms with van der Waals surface area (Å²) in [5, 5.41) is 3.42. The van der Waals surface area contributed by atoms with Crippen LogP contribution < -0.4 is 9.62 Å². The van der Waals surface area contributed by atoms with Crippen molar-refractivity contribution in [1.29, 1.82) is 0 Å². The summed E-state index contributed by atoms with van der Waals surface area (Å²) in [5.74, 6) is -1.44. The molecule has 0 radical (unpaired) electrons. The standard InChI is InChI=1S/C29H33ClFN3O4S/c1-3-5-19-32-29(36)27(4-2)33(20-22-11-13-23(30)14-12-22)28(35)21-34(25-9-7-6-8-10-25)39(37,38)26-17-15-24(31)16-18-26/h6-18,27H,3-5,19-21H2,1-2H3,(H,32,36)/t27-/m0/s1. The number of sulfonamides is 1. The van der Waals surface area contributed by atoms with Crippen LogP contribution in [-0.4, -0.2) is 44.3 Å². The maximum atomic E-state index is 13.9. The lowest BCUT2D eigenvalue weighted by atomic mass is 10.1. The van der Waals surface area contributed by atoms with E-state index < -0.39 is 34.3 Å². The molecule has 3 aromatic rings. The van der Waals surface area contributed by atoms with E-state index in [4.69, 9.17) is 11.6 Å². The van der Waals surface area contributed by atoms with E-state index in [1.54, 1.807) is 61.5 Å². The Morgan fingerprint density at radius 1 is 0.949 bits per heavy atom. The molecular formula is C29H33ClFN3O4S. The number of carbonyl (C=O) groups excluding carboxylic acids is 2. The third kappa shape index (κ3) is 8.03. The number of hydrogen-bond donors (Lipinski definition) is 1. The second kappa shape index (κ2) is 14.1. The van der Waals surface area contributed by atoms with Gasteiger partial charge in [0.05, 0.1) is 10.6 Å². The molecule has 0 spiro atoms. The zero-order valence-corrected chi connectivity index (χ0v) is 23.6. The normalized spacial score (nSPS) is 12.0. The van der Waals surface area contributed by atoms with E-state index in [0.717, 1.165) is 47.0 Å². The summed E-state index contributed by atoms with van der Waals surface area (Å²) >= 11 is 6.04. The molecule has 0 bridgehead atoms. The molecule has 10 heteroatoms. The van der Waals surface area contributed by atoms with Crippen LogP contribution in [0.25, 0.3) is 0 Å². The van der Waals surface area contributed by atoms with Crippen LogP contribution in [0.5, 0.6) is 0 Å². The number of anilines is 1. The Bertz CT molecular complexity index is 1340. The number of nitrogens with zero attached hydrogens (tertiary/aromatic N) is 2. The first-order valence-electron chi connectivity index (χ1n) is 12.8. The van der Waals surface area contributed by atoms with Crippen molar-refractivity contribution in [1.82, 2.24) is 10.2 Å². The van der Waals surface area contributed by atoms with Gasteiger partial charge in [-0.05, 0) is 66.9 Å². The summed E-state index contributed by atoms with van der Waals surface area (Å²) in [4.78, 5) is 28.3. The monoisotopic (exact) mass is 573 g/mol. The second-order valence-electron chi connectivity index (χ2n) is 9.02. The molecule has 3 rings (SSSR count). The average Bonchev–Trinajstić information content (AvgIpc) is 2.93. The molecule has 3 aromatic carbocycles. The highest BCUT2D eigenvalue weighted by atomic mass is 35.5. The minimum absolute atomic E-state index is 0.0783. The SMILES string of the molecule is CCCCNC(=O)[C@H](CC)N(Cc1ccc(Cl)cc1)C(=O)CN(c1ccccc1)S(=O)(=O)c1ccc(F)cc1. The summed E-state index contributed by atoms with van der Waals surface area (Å²) in [6.45, 7) is 3.81. The molecule has 7 nitrogen and oxygen atoms in total. The van der Waals surface area contributed by atoms with E-state index in [-0.39, 0.29) is 23.0 Å². The van der Waals surface area contributed by atoms with Crippen molar-refractivity contribution >= 4 is 39.1 Å². The first-order chi connectivity index (χ1) is 18.7. The summed E-state index contributed by atoms with van der Waals surface area (Å²) < 4.78 is 41.9. The van der Waals surface area contributed by atoms with Gasteiger partial charge in [0, 0.05) is 18.1 Å². The van der Waals surface area contributed by atoms with Crippen LogP contribution in [0.3, 0.4) is 0 Å². The maximum absolute atomic E-state index is 13.9. The third-order valence-electron chi connectivity index (χ3n) is 6.21. The Morgan fingerprint density at radius 3 is 2.18 bits per heavy atom. The van der Waals surface area contributed by atoms with Gasteiger partial charge in [-0.1, -0.05) is 62.2 Å². The number of amides is 2. The van der Waals surface area contributed by atoms with Gasteiger partial charge in [-0.15, -0.1) is 0 Å². The number of benzene rings is 3. The van der Waals surface area contributed by atoms with Crippen LogP contribution in [0.4, 0.5) is 10.1 Å². The maximum Gasteiger partial charge on any atom is 0.264 e. The average molecular weight is 574 g/mol. The second-order valence-corrected chi connectivity index (χ2v) is 11.3. The van der Waals surface area contributed by atoms with Crippen LogP contribution in [0.1, 0.15) is 38.7 Å². The summed E-state index contributed by atoms with van der Waals surface area (Å²) in [7, 11) is -4.25. The fraction of sp³-hybridized carbons (Fsp3) is 0.310. The van der Waals surface area contributed by atoms with Crippen LogP contribution in [0, 0.1) is 5.82 Å². The van der Waals surface area contributed by atoms with E-state index >= 15 is 0 Å². The third-order valence-corrected chi connectivity index (χ3v) is 8.25. The highest BCUT2D eigenvalue weighted by Crippen LogP contribution is 2.25. The molecule has 0 aliphatic carbocycles. The molecule has 1 N–H and O–H groups in total. The quantitative estimate of drug-likeness (QED) is 0.277. The van der Waals surface area contributed by atoms with Crippen LogP contribution in [0.15, 0.2) is 83.8 Å². The largest absolute Gasteiger partial charge is 0.354 e. The van der Waals surface area contributed by atoms with Crippen LogP contribution in [0.2, 0.25) is 5.02 Å². The van der Waals surface area contributed by atoms with Crippen molar-refractivity contribution in [3.63, 3.8) is 0 Å². The number of nitrogens with one attached hydrogen (secondary N) is 1. The number of halogens is 2. The number of unbranched alkanes of at least 4 members (excludes halogenated alkanes) is 1. The lowest BCUT2D eigenvalue weighted by molar-refractivity contribution is -0.140. The molecule has 39 heavy (non-hydrogen) atoms. The first kappa shape index (κ1) is 30.1. The number of carbonyl (C=O) groups is 2. The van der Waals surface area contributed by atoms with Gasteiger partial charge < -0.3 is 10.2 Å². The van der Waals surface area contributed by atoms with Crippen LogP contribution >= 0.6 is 11.6 Å². The molecule has 0 saturated heterocycles. The van der Waals surface area contributed by atoms with E-state index in [0.29, 0.717) is 18.0 Å². The minimum Gasteiger partial charge on any atom is -0.354 e. The van der Waals surface area contributed by atoms with Gasteiger partial charge in [-0.2, -0.15) is 0 Å². The minimum atomic E-state index is -4.25. The highest BCUT2D eigenvalue weighted by molar-refractivity contribution is 7.92. The fourth-order valence-corrected chi connectivity index (χ4v) is 5.61. The van der Waals surface area contributed by atoms with Gasteiger partial charge in [0.2, 0.25) is 11.8 Å². The van der Waals surface area contributed by atoms with Crippen molar-refractivity contribution in [2.45, 2.75) is 50.6 Å². The van der Waals surface area contributed by atoms with Gasteiger partial charge in [0.1, 0.15) is 18.4 Å². The summed E-state index contributed by atoms with van der Waals surface area (Å²) in [6.07, 6.45) is 2.02. The van der Waals surface area contributed by atoms with Crippen molar-refractivity contribution in [3.8, 4) is 0 Å². The van der Waals surface area contributed by atoms with Crippen molar-refractivity contribution in [3.05, 3.63) is 95.3 Å². The topological polar surface area (TPSA) is 86.8 Å². The lowest BCUT2D eigenvalue weighted by Gasteiger charge is -2.33. The number of para-hydroxylation sites is 1. The Labute approximate surface area is 234 Å². The molecule has 0 aromatic heterocycles. The Balaban J connectivity index is 2.00.